The summed E-state index contributed by atoms with van der Waals surface area (Å²) in [4.78, 5) is 18.0. The van der Waals surface area contributed by atoms with E-state index in [0.717, 1.165) is 22.9 Å². The molecule has 20 heavy (non-hydrogen) atoms. The molecule has 0 aliphatic rings. The number of nitrogens with zero attached hydrogens (tertiary/aromatic N) is 2. The van der Waals surface area contributed by atoms with Gasteiger partial charge >= 0.3 is 0 Å². The Morgan fingerprint density at radius 1 is 1.40 bits per heavy atom. The average molecular weight is 292 g/mol. The Morgan fingerprint density at radius 2 is 2.20 bits per heavy atom. The van der Waals surface area contributed by atoms with Gasteiger partial charge in [0.2, 0.25) is 0 Å². The molecule has 0 N–H and O–H groups in total. The summed E-state index contributed by atoms with van der Waals surface area (Å²) in [6, 6.07) is 7.67. The molecule has 1 aromatic heterocycles. The van der Waals surface area contributed by atoms with Crippen LogP contribution < -0.4 is 9.64 Å². The lowest BCUT2D eigenvalue weighted by Gasteiger charge is -2.16. The summed E-state index contributed by atoms with van der Waals surface area (Å²) in [5, 5.41) is 0.743. The summed E-state index contributed by atoms with van der Waals surface area (Å²) >= 11 is 1.34. The van der Waals surface area contributed by atoms with Gasteiger partial charge in [-0.3, -0.25) is 4.79 Å². The quantitative estimate of drug-likeness (QED) is 0.766. The van der Waals surface area contributed by atoms with Gasteiger partial charge in [-0.25, -0.2) is 4.98 Å². The van der Waals surface area contributed by atoms with Crippen LogP contribution in [0.1, 0.15) is 15.4 Å². The molecule has 2 aromatic rings. The first-order chi connectivity index (χ1) is 9.69. The van der Waals surface area contributed by atoms with Crippen molar-refractivity contribution in [1.29, 1.82) is 0 Å². The van der Waals surface area contributed by atoms with E-state index in [-0.39, 0.29) is 0 Å². The molecule has 0 saturated carbocycles. The number of methoxy groups -OCH3 is 2. The summed E-state index contributed by atoms with van der Waals surface area (Å²) < 4.78 is 10.3. The highest BCUT2D eigenvalue weighted by atomic mass is 32.1. The van der Waals surface area contributed by atoms with Gasteiger partial charge in [0.05, 0.1) is 24.3 Å². The van der Waals surface area contributed by atoms with Gasteiger partial charge in [0, 0.05) is 25.9 Å². The van der Waals surface area contributed by atoms with E-state index in [4.69, 9.17) is 9.47 Å². The number of aromatic nitrogens is 1. The number of anilines is 2. The highest BCUT2D eigenvalue weighted by Gasteiger charge is 2.15. The number of carbonyl (C=O) groups is 1. The minimum absolute atomic E-state index is 0.330. The maximum absolute atomic E-state index is 11.1. The fourth-order valence-electron chi connectivity index (χ4n) is 1.76. The number of rotatable bonds is 6. The first kappa shape index (κ1) is 14.5. The van der Waals surface area contributed by atoms with E-state index in [9.17, 15) is 4.79 Å². The van der Waals surface area contributed by atoms with E-state index in [0.29, 0.717) is 17.2 Å². The maximum Gasteiger partial charge on any atom is 0.190 e. The molecule has 0 amide bonds. The fraction of sp³-hybridized carbons (Fsp3) is 0.286. The molecule has 1 aromatic carbocycles. The van der Waals surface area contributed by atoms with Crippen molar-refractivity contribution in [3.05, 3.63) is 34.8 Å². The van der Waals surface area contributed by atoms with Crippen molar-refractivity contribution in [2.24, 2.45) is 0 Å². The van der Waals surface area contributed by atoms with Crippen LogP contribution in [0.2, 0.25) is 0 Å². The Balaban J connectivity index is 2.32. The molecule has 0 radical (unpaired) electrons. The second kappa shape index (κ2) is 6.49. The van der Waals surface area contributed by atoms with Crippen molar-refractivity contribution in [2.45, 2.75) is 6.61 Å². The van der Waals surface area contributed by atoms with Crippen LogP contribution in [0.25, 0.3) is 0 Å². The first-order valence-electron chi connectivity index (χ1n) is 6.01. The molecular formula is C14H16N2O3S. The second-order valence-electron chi connectivity index (χ2n) is 4.12. The number of ether oxygens (including phenoxy) is 2. The van der Waals surface area contributed by atoms with Gasteiger partial charge in [-0.15, -0.1) is 0 Å². The molecule has 106 valence electrons. The van der Waals surface area contributed by atoms with Crippen LogP contribution in [0.5, 0.6) is 5.75 Å². The Hall–Kier alpha value is -1.92. The van der Waals surface area contributed by atoms with E-state index in [2.05, 4.69) is 4.98 Å². The number of benzene rings is 1. The lowest BCUT2D eigenvalue weighted by molar-refractivity contribution is 0.112. The molecule has 0 unspecified atom stereocenters. The molecule has 0 aliphatic carbocycles. The van der Waals surface area contributed by atoms with E-state index < -0.39 is 0 Å². The van der Waals surface area contributed by atoms with E-state index in [1.807, 2.05) is 36.2 Å². The second-order valence-corrected chi connectivity index (χ2v) is 5.13. The third-order valence-corrected chi connectivity index (χ3v) is 3.93. The predicted octanol–water partition coefficient (Wildman–Crippen LogP) is 2.88. The van der Waals surface area contributed by atoms with Crippen LogP contribution in [0.4, 0.5) is 10.8 Å². The first-order valence-corrected chi connectivity index (χ1v) is 6.82. The Kier molecular flexibility index (Phi) is 4.70. The largest absolute Gasteiger partial charge is 0.497 e. The summed E-state index contributed by atoms with van der Waals surface area (Å²) in [7, 11) is 5.11. The molecule has 0 fully saturated rings. The smallest absolute Gasteiger partial charge is 0.190 e. The summed E-state index contributed by atoms with van der Waals surface area (Å²) in [6.07, 6.45) is 0.814. The lowest BCUT2D eigenvalue weighted by Crippen LogP contribution is -2.09. The molecule has 0 spiro atoms. The van der Waals surface area contributed by atoms with Crippen LogP contribution in [-0.4, -0.2) is 32.5 Å². The monoisotopic (exact) mass is 292 g/mol. The molecule has 1 heterocycles. The average Bonchev–Trinajstić information content (AvgIpc) is 2.90. The van der Waals surface area contributed by atoms with Gasteiger partial charge in [-0.1, -0.05) is 17.4 Å². The minimum Gasteiger partial charge on any atom is -0.497 e. The zero-order valence-corrected chi connectivity index (χ0v) is 12.4. The molecule has 0 saturated heterocycles. The number of carbonyl (C=O) groups excluding carboxylic acids is 1. The van der Waals surface area contributed by atoms with Crippen molar-refractivity contribution in [2.75, 3.05) is 26.2 Å². The van der Waals surface area contributed by atoms with Gasteiger partial charge < -0.3 is 14.4 Å². The molecule has 0 bridgehead atoms. The SMILES string of the molecule is COCc1nc(N(C)c2cccc(OC)c2)sc1C=O. The van der Waals surface area contributed by atoms with Gasteiger partial charge in [0.25, 0.3) is 0 Å². The molecule has 5 nitrogen and oxygen atoms in total. The topological polar surface area (TPSA) is 51.7 Å². The zero-order chi connectivity index (χ0) is 14.5. The molecule has 0 aliphatic heterocycles. The van der Waals surface area contributed by atoms with E-state index in [1.165, 1.54) is 11.3 Å². The highest BCUT2D eigenvalue weighted by Crippen LogP contribution is 2.31. The van der Waals surface area contributed by atoms with Crippen LogP contribution >= 0.6 is 11.3 Å². The molecule has 6 heteroatoms. The van der Waals surface area contributed by atoms with Crippen molar-refractivity contribution in [1.82, 2.24) is 4.98 Å². The van der Waals surface area contributed by atoms with Crippen molar-refractivity contribution < 1.29 is 14.3 Å². The van der Waals surface area contributed by atoms with Gasteiger partial charge in [-0.05, 0) is 12.1 Å². The predicted molar refractivity (Wildman–Crippen MR) is 79.3 cm³/mol. The Bertz CT molecular complexity index is 598. The molecule has 2 rings (SSSR count). The number of aldehydes is 1. The summed E-state index contributed by atoms with van der Waals surface area (Å²) in [6.45, 7) is 0.330. The zero-order valence-electron chi connectivity index (χ0n) is 11.6. The number of thiazole rings is 1. The number of hydrogen-bond donors (Lipinski definition) is 0. The van der Waals surface area contributed by atoms with Crippen LogP contribution in [0.15, 0.2) is 24.3 Å². The van der Waals surface area contributed by atoms with Crippen LogP contribution in [-0.2, 0) is 11.3 Å². The highest BCUT2D eigenvalue weighted by molar-refractivity contribution is 7.17. The van der Waals surface area contributed by atoms with Gasteiger partial charge in [0.1, 0.15) is 5.75 Å². The molecular weight excluding hydrogens is 276 g/mol. The van der Waals surface area contributed by atoms with Crippen LogP contribution in [0, 0.1) is 0 Å². The van der Waals surface area contributed by atoms with E-state index in [1.54, 1.807) is 14.2 Å². The van der Waals surface area contributed by atoms with Crippen LogP contribution in [0.3, 0.4) is 0 Å². The third kappa shape index (κ3) is 2.97. The van der Waals surface area contributed by atoms with Gasteiger partial charge in [-0.2, -0.15) is 0 Å². The van der Waals surface area contributed by atoms with Crippen molar-refractivity contribution >= 4 is 28.4 Å². The Labute approximate surface area is 121 Å². The normalized spacial score (nSPS) is 10.3. The van der Waals surface area contributed by atoms with Gasteiger partial charge in [0.15, 0.2) is 11.4 Å². The van der Waals surface area contributed by atoms with E-state index >= 15 is 0 Å². The standard InChI is InChI=1S/C14H16N2O3S/c1-16(10-5-4-6-11(7-10)19-3)14-15-12(9-18-2)13(8-17)20-14/h4-8H,9H2,1-3H3. The number of hydrogen-bond acceptors (Lipinski definition) is 6. The minimum atomic E-state index is 0.330. The summed E-state index contributed by atoms with van der Waals surface area (Å²) in [5.74, 6) is 0.777. The fourth-order valence-corrected chi connectivity index (χ4v) is 2.62. The maximum atomic E-state index is 11.1. The third-order valence-electron chi connectivity index (χ3n) is 2.83. The molecule has 0 atom stereocenters. The Morgan fingerprint density at radius 3 is 2.85 bits per heavy atom. The summed E-state index contributed by atoms with van der Waals surface area (Å²) in [5.41, 5.74) is 1.61. The lowest BCUT2D eigenvalue weighted by atomic mass is 10.3. The van der Waals surface area contributed by atoms with Crippen molar-refractivity contribution in [3.8, 4) is 5.75 Å². The van der Waals surface area contributed by atoms with Crippen molar-refractivity contribution in [3.63, 3.8) is 0 Å².